The molecule has 0 spiro atoms. The molecule has 1 aromatic rings. The molecule has 1 rings (SSSR count). The van der Waals surface area contributed by atoms with Crippen molar-refractivity contribution in [1.82, 2.24) is 0 Å². The second kappa shape index (κ2) is 4.20. The van der Waals surface area contributed by atoms with E-state index in [4.69, 9.17) is 6.42 Å². The SMILES string of the molecule is C#CCC(=O)c1cc(Br)ccc1F. The van der Waals surface area contributed by atoms with Gasteiger partial charge in [-0.2, -0.15) is 0 Å². The molecule has 0 saturated heterocycles. The maximum absolute atomic E-state index is 13.0. The molecule has 0 aromatic heterocycles. The first-order valence-electron chi connectivity index (χ1n) is 3.57. The van der Waals surface area contributed by atoms with Gasteiger partial charge in [-0.05, 0) is 18.2 Å². The van der Waals surface area contributed by atoms with E-state index in [1.54, 1.807) is 0 Å². The summed E-state index contributed by atoms with van der Waals surface area (Å²) >= 11 is 3.15. The molecule has 0 heterocycles. The van der Waals surface area contributed by atoms with Gasteiger partial charge in [0, 0.05) is 4.47 Å². The Kier molecular flexibility index (Phi) is 3.21. The van der Waals surface area contributed by atoms with E-state index in [0.717, 1.165) is 0 Å². The summed E-state index contributed by atoms with van der Waals surface area (Å²) in [6.07, 6.45) is 4.87. The lowest BCUT2D eigenvalue weighted by Crippen LogP contribution is -2.00. The van der Waals surface area contributed by atoms with E-state index in [-0.39, 0.29) is 17.8 Å². The minimum atomic E-state index is -0.538. The van der Waals surface area contributed by atoms with Gasteiger partial charge in [0.15, 0.2) is 5.78 Å². The summed E-state index contributed by atoms with van der Waals surface area (Å²) in [7, 11) is 0. The number of hydrogen-bond donors (Lipinski definition) is 0. The zero-order valence-corrected chi connectivity index (χ0v) is 8.27. The van der Waals surface area contributed by atoms with E-state index in [9.17, 15) is 9.18 Å². The number of hydrogen-bond acceptors (Lipinski definition) is 1. The Bertz CT molecular complexity index is 379. The molecule has 3 heteroatoms. The number of carbonyl (C=O) groups is 1. The van der Waals surface area contributed by atoms with Gasteiger partial charge in [-0.1, -0.05) is 21.9 Å². The van der Waals surface area contributed by atoms with Crippen LogP contribution in [0.2, 0.25) is 0 Å². The van der Waals surface area contributed by atoms with Crippen molar-refractivity contribution >= 4 is 21.7 Å². The first-order valence-corrected chi connectivity index (χ1v) is 4.36. The van der Waals surface area contributed by atoms with Crippen LogP contribution in [-0.2, 0) is 0 Å². The highest BCUT2D eigenvalue weighted by atomic mass is 79.9. The highest BCUT2D eigenvalue weighted by Gasteiger charge is 2.10. The second-order valence-corrected chi connectivity index (χ2v) is 3.34. The van der Waals surface area contributed by atoms with Crippen molar-refractivity contribution in [3.05, 3.63) is 34.1 Å². The molecule has 0 unspecified atom stereocenters. The van der Waals surface area contributed by atoms with Gasteiger partial charge < -0.3 is 0 Å². The Hall–Kier alpha value is -1.14. The topological polar surface area (TPSA) is 17.1 Å². The fraction of sp³-hybridized carbons (Fsp3) is 0.100. The highest BCUT2D eigenvalue weighted by molar-refractivity contribution is 9.10. The third-order valence-corrected chi connectivity index (χ3v) is 1.98. The second-order valence-electron chi connectivity index (χ2n) is 2.43. The van der Waals surface area contributed by atoms with Crippen molar-refractivity contribution in [2.24, 2.45) is 0 Å². The van der Waals surface area contributed by atoms with Gasteiger partial charge in [0.1, 0.15) is 5.82 Å². The van der Waals surface area contributed by atoms with Crippen LogP contribution in [0.4, 0.5) is 4.39 Å². The van der Waals surface area contributed by atoms with Crippen LogP contribution in [0.25, 0.3) is 0 Å². The van der Waals surface area contributed by atoms with Crippen molar-refractivity contribution in [3.8, 4) is 12.3 Å². The Morgan fingerprint density at radius 2 is 2.31 bits per heavy atom. The summed E-state index contributed by atoms with van der Waals surface area (Å²) in [6, 6.07) is 4.19. The fourth-order valence-corrected chi connectivity index (χ4v) is 1.26. The molecule has 0 aliphatic carbocycles. The molecule has 1 aromatic carbocycles. The van der Waals surface area contributed by atoms with Gasteiger partial charge in [0.25, 0.3) is 0 Å². The van der Waals surface area contributed by atoms with Crippen LogP contribution in [0.3, 0.4) is 0 Å². The van der Waals surface area contributed by atoms with Crippen LogP contribution in [0.1, 0.15) is 16.8 Å². The summed E-state index contributed by atoms with van der Waals surface area (Å²) in [4.78, 5) is 11.2. The zero-order valence-electron chi connectivity index (χ0n) is 6.68. The molecule has 0 amide bonds. The molecule has 66 valence electrons. The van der Waals surface area contributed by atoms with Crippen molar-refractivity contribution in [2.75, 3.05) is 0 Å². The number of carbonyl (C=O) groups excluding carboxylic acids is 1. The predicted molar refractivity (Wildman–Crippen MR) is 51.9 cm³/mol. The highest BCUT2D eigenvalue weighted by Crippen LogP contribution is 2.16. The van der Waals surface area contributed by atoms with E-state index in [2.05, 4.69) is 21.9 Å². The van der Waals surface area contributed by atoms with Gasteiger partial charge >= 0.3 is 0 Å². The first-order chi connectivity index (χ1) is 6.15. The molecule has 0 radical (unpaired) electrons. The summed E-state index contributed by atoms with van der Waals surface area (Å²) in [5.41, 5.74) is 0.0346. The standard InChI is InChI=1S/C10H6BrFO/c1-2-3-10(13)8-6-7(11)4-5-9(8)12/h1,4-6H,3H2. The number of halogens is 2. The van der Waals surface area contributed by atoms with E-state index in [1.807, 2.05) is 0 Å². The smallest absolute Gasteiger partial charge is 0.177 e. The largest absolute Gasteiger partial charge is 0.293 e. The molecule has 1 nitrogen and oxygen atoms in total. The molecule has 0 aliphatic rings. The van der Waals surface area contributed by atoms with Gasteiger partial charge in [-0.3, -0.25) is 4.79 Å². The zero-order chi connectivity index (χ0) is 9.84. The van der Waals surface area contributed by atoms with Crippen LogP contribution in [0.5, 0.6) is 0 Å². The summed E-state index contributed by atoms with van der Waals surface area (Å²) in [6.45, 7) is 0. The van der Waals surface area contributed by atoms with Gasteiger partial charge in [-0.25, -0.2) is 4.39 Å². The van der Waals surface area contributed by atoms with Crippen LogP contribution in [0, 0.1) is 18.2 Å². The van der Waals surface area contributed by atoms with Gasteiger partial charge in [0.2, 0.25) is 0 Å². The van der Waals surface area contributed by atoms with E-state index >= 15 is 0 Å². The van der Waals surface area contributed by atoms with Crippen LogP contribution < -0.4 is 0 Å². The van der Waals surface area contributed by atoms with Crippen molar-refractivity contribution < 1.29 is 9.18 Å². The monoisotopic (exact) mass is 240 g/mol. The minimum absolute atomic E-state index is 0.0346. The van der Waals surface area contributed by atoms with E-state index < -0.39 is 5.82 Å². The number of benzene rings is 1. The molecular weight excluding hydrogens is 235 g/mol. The van der Waals surface area contributed by atoms with Crippen molar-refractivity contribution in [1.29, 1.82) is 0 Å². The number of ketones is 1. The maximum atomic E-state index is 13.0. The Morgan fingerprint density at radius 1 is 1.62 bits per heavy atom. The summed E-state index contributed by atoms with van der Waals surface area (Å²) in [5.74, 6) is 1.27. The van der Waals surface area contributed by atoms with Crippen molar-refractivity contribution in [3.63, 3.8) is 0 Å². The molecular formula is C10H6BrFO. The molecule has 0 N–H and O–H groups in total. The van der Waals surface area contributed by atoms with Crippen LogP contribution in [0.15, 0.2) is 22.7 Å². The van der Waals surface area contributed by atoms with Gasteiger partial charge in [-0.15, -0.1) is 6.42 Å². The van der Waals surface area contributed by atoms with Crippen LogP contribution in [-0.4, -0.2) is 5.78 Å². The minimum Gasteiger partial charge on any atom is -0.293 e. The van der Waals surface area contributed by atoms with Crippen molar-refractivity contribution in [2.45, 2.75) is 6.42 Å². The average molecular weight is 241 g/mol. The number of Topliss-reactive ketones (excluding diaryl/α,β-unsaturated/α-hetero) is 1. The van der Waals surface area contributed by atoms with Gasteiger partial charge in [0.05, 0.1) is 12.0 Å². The van der Waals surface area contributed by atoms with E-state index in [0.29, 0.717) is 4.47 Å². The third kappa shape index (κ3) is 2.40. The molecule has 0 atom stereocenters. The Labute approximate surface area is 84.1 Å². The lowest BCUT2D eigenvalue weighted by atomic mass is 10.1. The van der Waals surface area contributed by atoms with E-state index in [1.165, 1.54) is 18.2 Å². The predicted octanol–water partition coefficient (Wildman–Crippen LogP) is 2.79. The number of rotatable bonds is 2. The Morgan fingerprint density at radius 3 is 2.92 bits per heavy atom. The average Bonchev–Trinajstić information content (AvgIpc) is 2.09. The third-order valence-electron chi connectivity index (χ3n) is 1.49. The molecule has 0 aliphatic heterocycles. The first kappa shape index (κ1) is 9.94. The fourth-order valence-electron chi connectivity index (χ4n) is 0.899. The maximum Gasteiger partial charge on any atom is 0.177 e. The summed E-state index contributed by atoms with van der Waals surface area (Å²) in [5, 5.41) is 0. The quantitative estimate of drug-likeness (QED) is 0.574. The molecule has 0 saturated carbocycles. The normalized spacial score (nSPS) is 9.31. The lowest BCUT2D eigenvalue weighted by Gasteiger charge is -1.99. The van der Waals surface area contributed by atoms with Crippen LogP contribution >= 0.6 is 15.9 Å². The molecule has 13 heavy (non-hydrogen) atoms. The molecule has 0 bridgehead atoms. The number of terminal acetylenes is 1. The molecule has 0 fully saturated rings. The lowest BCUT2D eigenvalue weighted by molar-refractivity contribution is 0.0994. The summed E-state index contributed by atoms with van der Waals surface area (Å²) < 4.78 is 13.7. The Balaban J connectivity index is 3.07.